The number of ether oxygens (including phenoxy) is 1. The summed E-state index contributed by atoms with van der Waals surface area (Å²) < 4.78 is 5.21. The molecule has 6 nitrogen and oxygen atoms in total. The van der Waals surface area contributed by atoms with E-state index in [2.05, 4.69) is 11.8 Å². The first-order valence-corrected chi connectivity index (χ1v) is 11.0. The second-order valence-corrected chi connectivity index (χ2v) is 8.55. The van der Waals surface area contributed by atoms with Gasteiger partial charge in [-0.2, -0.15) is 0 Å². The lowest BCUT2D eigenvalue weighted by Gasteiger charge is -2.49. The van der Waals surface area contributed by atoms with Gasteiger partial charge in [-0.1, -0.05) is 13.3 Å². The van der Waals surface area contributed by atoms with Gasteiger partial charge in [0, 0.05) is 44.3 Å². The molecule has 6 heteroatoms. The molecule has 4 heterocycles. The van der Waals surface area contributed by atoms with Crippen molar-refractivity contribution in [3.8, 4) is 0 Å². The lowest BCUT2D eigenvalue weighted by atomic mass is 9.89. The summed E-state index contributed by atoms with van der Waals surface area (Å²) in [7, 11) is 0. The minimum atomic E-state index is -0.0801. The maximum absolute atomic E-state index is 12.0. The van der Waals surface area contributed by atoms with Crippen LogP contribution in [0.5, 0.6) is 0 Å². The Morgan fingerprint density at radius 3 is 2.11 bits per heavy atom. The van der Waals surface area contributed by atoms with Crippen LogP contribution in [-0.2, 0) is 9.53 Å². The van der Waals surface area contributed by atoms with Crippen LogP contribution in [0.25, 0.3) is 0 Å². The zero-order chi connectivity index (χ0) is 19.2. The van der Waals surface area contributed by atoms with Gasteiger partial charge in [0.25, 0.3) is 0 Å². The van der Waals surface area contributed by atoms with E-state index < -0.39 is 0 Å². The fraction of sp³-hybridized carbons (Fsp3) is 0.905. The Morgan fingerprint density at radius 1 is 1.00 bits per heavy atom. The van der Waals surface area contributed by atoms with Gasteiger partial charge in [-0.05, 0) is 57.8 Å². The highest BCUT2D eigenvalue weighted by molar-refractivity contribution is 5.69. The fourth-order valence-electron chi connectivity index (χ4n) is 5.13. The van der Waals surface area contributed by atoms with Crippen molar-refractivity contribution in [2.24, 2.45) is 5.92 Å². The average molecular weight is 380 g/mol. The van der Waals surface area contributed by atoms with E-state index >= 15 is 0 Å². The van der Waals surface area contributed by atoms with Gasteiger partial charge in [0.2, 0.25) is 6.41 Å². The van der Waals surface area contributed by atoms with Crippen LogP contribution in [-0.4, -0.2) is 78.1 Å². The van der Waals surface area contributed by atoms with Crippen molar-refractivity contribution in [3.63, 3.8) is 0 Å². The molecule has 0 aromatic rings. The van der Waals surface area contributed by atoms with Gasteiger partial charge in [-0.15, -0.1) is 0 Å². The number of fused-ring (bicyclic) bond motifs is 2. The summed E-state index contributed by atoms with van der Waals surface area (Å²) in [5.74, 6) is 0.917. The number of piperidine rings is 2. The predicted molar refractivity (Wildman–Crippen MR) is 106 cm³/mol. The van der Waals surface area contributed by atoms with Crippen LogP contribution >= 0.6 is 0 Å². The van der Waals surface area contributed by atoms with Gasteiger partial charge in [0.15, 0.2) is 0 Å². The van der Waals surface area contributed by atoms with Crippen molar-refractivity contribution in [2.45, 2.75) is 83.3 Å². The van der Waals surface area contributed by atoms with Crippen LogP contribution in [0.15, 0.2) is 0 Å². The van der Waals surface area contributed by atoms with E-state index in [4.69, 9.17) is 4.74 Å². The molecule has 154 valence electrons. The van der Waals surface area contributed by atoms with Crippen molar-refractivity contribution in [2.75, 3.05) is 32.8 Å². The number of hydrogen-bond acceptors (Lipinski definition) is 4. The van der Waals surface area contributed by atoms with Gasteiger partial charge in [0.05, 0.1) is 6.61 Å². The second kappa shape index (κ2) is 9.76. The Hall–Kier alpha value is -1.30. The molecule has 27 heavy (non-hydrogen) atoms. The first-order chi connectivity index (χ1) is 13.2. The number of hydrogen-bond donors (Lipinski definition) is 0. The van der Waals surface area contributed by atoms with E-state index in [9.17, 15) is 9.59 Å². The molecule has 4 aliphatic rings. The molecular formula is C21H37N3O3. The highest BCUT2D eigenvalue weighted by Crippen LogP contribution is 2.39. The van der Waals surface area contributed by atoms with Crippen molar-refractivity contribution < 1.29 is 14.3 Å². The van der Waals surface area contributed by atoms with Crippen LogP contribution in [0.2, 0.25) is 0 Å². The molecule has 0 saturated carbocycles. The van der Waals surface area contributed by atoms with Gasteiger partial charge in [0.1, 0.15) is 0 Å². The largest absolute Gasteiger partial charge is 0.450 e. The normalized spacial score (nSPS) is 31.0. The van der Waals surface area contributed by atoms with E-state index in [0.29, 0.717) is 24.7 Å². The Balaban J connectivity index is 0.000000221. The first kappa shape index (κ1) is 20.4. The van der Waals surface area contributed by atoms with E-state index in [-0.39, 0.29) is 6.09 Å². The number of carbonyl (C=O) groups is 2. The number of amides is 2. The molecule has 0 aromatic heterocycles. The second-order valence-electron chi connectivity index (χ2n) is 8.55. The third kappa shape index (κ3) is 4.95. The quantitative estimate of drug-likeness (QED) is 0.705. The van der Waals surface area contributed by atoms with Crippen molar-refractivity contribution in [1.29, 1.82) is 0 Å². The minimum Gasteiger partial charge on any atom is -0.450 e. The molecule has 0 N–H and O–H groups in total. The fourth-order valence-corrected chi connectivity index (χ4v) is 5.13. The maximum Gasteiger partial charge on any atom is 0.410 e. The molecule has 2 unspecified atom stereocenters. The zero-order valence-electron chi connectivity index (χ0n) is 17.1. The Bertz CT molecular complexity index is 475. The minimum absolute atomic E-state index is 0.0801. The summed E-state index contributed by atoms with van der Waals surface area (Å²) in [5, 5.41) is 0. The van der Waals surface area contributed by atoms with Crippen molar-refractivity contribution in [1.82, 2.24) is 14.7 Å². The molecule has 0 spiro atoms. The third-order valence-corrected chi connectivity index (χ3v) is 6.81. The Morgan fingerprint density at radius 2 is 1.63 bits per heavy atom. The van der Waals surface area contributed by atoms with E-state index in [1.54, 1.807) is 0 Å². The summed E-state index contributed by atoms with van der Waals surface area (Å²) in [6.45, 7) is 9.17. The molecule has 0 aliphatic carbocycles. The summed E-state index contributed by atoms with van der Waals surface area (Å²) in [4.78, 5) is 28.6. The summed E-state index contributed by atoms with van der Waals surface area (Å²) >= 11 is 0. The lowest BCUT2D eigenvalue weighted by molar-refractivity contribution is -0.118. The van der Waals surface area contributed by atoms with Crippen molar-refractivity contribution >= 4 is 12.5 Å². The molecule has 4 rings (SSSR count). The first-order valence-electron chi connectivity index (χ1n) is 11.0. The third-order valence-electron chi connectivity index (χ3n) is 6.81. The van der Waals surface area contributed by atoms with Crippen LogP contribution < -0.4 is 0 Å². The number of carbonyl (C=O) groups excluding carboxylic acids is 2. The smallest absolute Gasteiger partial charge is 0.410 e. The molecular weight excluding hydrogens is 342 g/mol. The van der Waals surface area contributed by atoms with Gasteiger partial charge in [-0.3, -0.25) is 9.69 Å². The number of rotatable bonds is 4. The highest BCUT2D eigenvalue weighted by atomic mass is 16.6. The Kier molecular flexibility index (Phi) is 7.39. The molecule has 4 fully saturated rings. The average Bonchev–Trinajstić information content (AvgIpc) is 2.93. The molecule has 4 aliphatic heterocycles. The van der Waals surface area contributed by atoms with Gasteiger partial charge in [-0.25, -0.2) is 4.79 Å². The monoisotopic (exact) mass is 379 g/mol. The van der Waals surface area contributed by atoms with Crippen LogP contribution in [0.4, 0.5) is 4.79 Å². The van der Waals surface area contributed by atoms with Crippen LogP contribution in [0.1, 0.15) is 65.2 Å². The zero-order valence-corrected chi connectivity index (χ0v) is 17.1. The molecule has 2 bridgehead atoms. The topological polar surface area (TPSA) is 53.1 Å². The van der Waals surface area contributed by atoms with E-state index in [1.165, 1.54) is 51.6 Å². The molecule has 2 amide bonds. The van der Waals surface area contributed by atoms with Crippen molar-refractivity contribution in [3.05, 3.63) is 0 Å². The SMILES string of the molecule is CCOC(=O)N1C2CCC1CC(N1CC(CC)C1)C2.O=CN1CCCCC1. The van der Waals surface area contributed by atoms with E-state index in [0.717, 1.165) is 38.3 Å². The lowest BCUT2D eigenvalue weighted by Crippen LogP contribution is -2.58. The van der Waals surface area contributed by atoms with Crippen LogP contribution in [0.3, 0.4) is 0 Å². The summed E-state index contributed by atoms with van der Waals surface area (Å²) in [6, 6.07) is 1.58. The maximum atomic E-state index is 12.0. The Labute approximate surface area is 164 Å². The highest BCUT2D eigenvalue weighted by Gasteiger charge is 2.46. The van der Waals surface area contributed by atoms with Gasteiger partial charge < -0.3 is 14.5 Å². The van der Waals surface area contributed by atoms with Gasteiger partial charge >= 0.3 is 6.09 Å². The molecule has 2 atom stereocenters. The number of likely N-dealkylation sites (tertiary alicyclic amines) is 2. The van der Waals surface area contributed by atoms with Crippen LogP contribution in [0, 0.1) is 5.92 Å². The predicted octanol–water partition coefficient (Wildman–Crippen LogP) is 3.11. The number of nitrogens with zero attached hydrogens (tertiary/aromatic N) is 3. The summed E-state index contributed by atoms with van der Waals surface area (Å²) in [5.41, 5.74) is 0. The standard InChI is InChI=1S/C15H26N2O2.C6H11NO/c1-3-11-9-16(10-11)14-7-12-5-6-13(8-14)17(12)15(18)19-4-2;8-6-7-4-2-1-3-5-7/h11-14H,3-10H2,1-2H3;6H,1-5H2. The molecule has 4 saturated heterocycles. The summed E-state index contributed by atoms with van der Waals surface area (Å²) in [6.07, 6.45) is 10.5. The van der Waals surface area contributed by atoms with E-state index in [1.807, 2.05) is 16.7 Å². The molecule has 0 aromatic carbocycles. The molecule has 0 radical (unpaired) electrons.